The lowest BCUT2D eigenvalue weighted by atomic mass is 10.0. The van der Waals surface area contributed by atoms with E-state index in [1.165, 1.54) is 11.8 Å². The van der Waals surface area contributed by atoms with E-state index in [-0.39, 0.29) is 24.8 Å². The number of carbonyl (C=O) groups excluding carboxylic acids is 3. The van der Waals surface area contributed by atoms with E-state index in [1.54, 1.807) is 0 Å². The molecule has 1 aliphatic rings. The summed E-state index contributed by atoms with van der Waals surface area (Å²) in [5.41, 5.74) is 6.46. The van der Waals surface area contributed by atoms with E-state index in [0.717, 1.165) is 18.5 Å². The van der Waals surface area contributed by atoms with Crippen LogP contribution in [0.3, 0.4) is 0 Å². The third kappa shape index (κ3) is 10.2. The third-order valence-electron chi connectivity index (χ3n) is 6.10. The highest BCUT2D eigenvalue weighted by Crippen LogP contribution is 2.10. The van der Waals surface area contributed by atoms with Crippen LogP contribution >= 0.6 is 11.8 Å². The lowest BCUT2D eigenvalue weighted by Gasteiger charge is -2.25. The van der Waals surface area contributed by atoms with Crippen molar-refractivity contribution in [2.24, 2.45) is 5.73 Å². The monoisotopic (exact) mass is 521 g/mol. The highest BCUT2D eigenvalue weighted by atomic mass is 32.2. The Kier molecular flexibility index (Phi) is 13.3. The largest absolute Gasteiger partial charge is 0.480 e. The summed E-state index contributed by atoms with van der Waals surface area (Å²) in [5.74, 6) is -1.86. The Balaban J connectivity index is 2.15. The Morgan fingerprint density at radius 2 is 1.72 bits per heavy atom. The lowest BCUT2D eigenvalue weighted by Crippen LogP contribution is -2.57. The van der Waals surface area contributed by atoms with Crippen molar-refractivity contribution < 1.29 is 24.3 Å². The number of aliphatic carboxylic acids is 1. The molecule has 2 rings (SSSR count). The molecule has 3 amide bonds. The van der Waals surface area contributed by atoms with Gasteiger partial charge in [0.1, 0.15) is 18.1 Å². The van der Waals surface area contributed by atoms with Crippen molar-refractivity contribution in [3.8, 4) is 0 Å². The first kappa shape index (κ1) is 29.6. The fourth-order valence-corrected chi connectivity index (χ4v) is 4.51. The zero-order valence-corrected chi connectivity index (χ0v) is 21.6. The molecule has 1 aromatic carbocycles. The molecule has 0 radical (unpaired) electrons. The molecule has 11 heteroatoms. The van der Waals surface area contributed by atoms with Crippen LogP contribution in [0, 0.1) is 0 Å². The van der Waals surface area contributed by atoms with E-state index >= 15 is 0 Å². The molecule has 1 saturated heterocycles. The van der Waals surface area contributed by atoms with Gasteiger partial charge in [0.15, 0.2) is 0 Å². The average Bonchev–Trinajstić information content (AvgIpc) is 3.41. The van der Waals surface area contributed by atoms with E-state index in [0.29, 0.717) is 38.0 Å². The van der Waals surface area contributed by atoms with Crippen LogP contribution in [0.1, 0.15) is 44.1 Å². The standard InChI is InChI=1S/C25H39N5O5S/c1-36-15-12-20(25(34)35)29-23(32)19(10-5-6-13-26)28-24(33)21(16-17-8-3-2-4-9-17)30-22(31)18-11-7-14-27-18/h2-4,8-9,18-21,27H,5-7,10-16,26H2,1H3,(H,28,33)(H,29,32)(H,30,31)(H,34,35). The molecule has 1 aromatic rings. The van der Waals surface area contributed by atoms with Crippen molar-refractivity contribution in [3.05, 3.63) is 35.9 Å². The third-order valence-corrected chi connectivity index (χ3v) is 6.74. The van der Waals surface area contributed by atoms with Crippen LogP contribution in [0.15, 0.2) is 30.3 Å². The lowest BCUT2D eigenvalue weighted by molar-refractivity contribution is -0.142. The van der Waals surface area contributed by atoms with Gasteiger partial charge in [0.25, 0.3) is 0 Å². The summed E-state index contributed by atoms with van der Waals surface area (Å²) in [4.78, 5) is 50.8. The van der Waals surface area contributed by atoms with E-state index < -0.39 is 35.9 Å². The molecule has 0 aliphatic carbocycles. The van der Waals surface area contributed by atoms with Crippen molar-refractivity contribution in [3.63, 3.8) is 0 Å². The van der Waals surface area contributed by atoms with Gasteiger partial charge in [0.2, 0.25) is 17.7 Å². The number of thioether (sulfide) groups is 1. The highest BCUT2D eigenvalue weighted by molar-refractivity contribution is 7.98. The summed E-state index contributed by atoms with van der Waals surface area (Å²) >= 11 is 1.49. The number of nitrogens with one attached hydrogen (secondary N) is 4. The molecule has 10 nitrogen and oxygen atoms in total. The molecule has 200 valence electrons. The molecule has 0 aromatic heterocycles. The molecule has 36 heavy (non-hydrogen) atoms. The van der Waals surface area contributed by atoms with E-state index in [4.69, 9.17) is 5.73 Å². The van der Waals surface area contributed by atoms with Crippen molar-refractivity contribution in [1.29, 1.82) is 0 Å². The highest BCUT2D eigenvalue weighted by Gasteiger charge is 2.31. The van der Waals surface area contributed by atoms with Crippen molar-refractivity contribution in [2.45, 2.75) is 69.1 Å². The van der Waals surface area contributed by atoms with E-state index in [1.807, 2.05) is 36.6 Å². The smallest absolute Gasteiger partial charge is 0.326 e. The van der Waals surface area contributed by atoms with Gasteiger partial charge in [-0.05, 0) is 69.2 Å². The van der Waals surface area contributed by atoms with Gasteiger partial charge in [-0.15, -0.1) is 0 Å². The fraction of sp³-hybridized carbons (Fsp3) is 0.600. The molecular weight excluding hydrogens is 482 g/mol. The zero-order valence-electron chi connectivity index (χ0n) is 20.8. The Morgan fingerprint density at radius 3 is 2.33 bits per heavy atom. The summed E-state index contributed by atoms with van der Waals surface area (Å²) in [6.07, 6.45) is 5.52. The maximum Gasteiger partial charge on any atom is 0.326 e. The van der Waals surface area contributed by atoms with Crippen molar-refractivity contribution >= 4 is 35.5 Å². The zero-order chi connectivity index (χ0) is 26.3. The first-order chi connectivity index (χ1) is 17.3. The molecule has 0 spiro atoms. The normalized spacial score (nSPS) is 17.6. The molecule has 4 atom stereocenters. The minimum Gasteiger partial charge on any atom is -0.480 e. The Labute approximate surface area is 216 Å². The topological polar surface area (TPSA) is 163 Å². The number of unbranched alkanes of at least 4 members (excludes halogenated alkanes) is 1. The van der Waals surface area contributed by atoms with Crippen molar-refractivity contribution in [2.75, 3.05) is 25.1 Å². The maximum atomic E-state index is 13.4. The Hall–Kier alpha value is -2.63. The van der Waals surface area contributed by atoms with Gasteiger partial charge in [-0.2, -0.15) is 11.8 Å². The molecule has 1 fully saturated rings. The van der Waals surface area contributed by atoms with Gasteiger partial charge >= 0.3 is 5.97 Å². The van der Waals surface area contributed by atoms with Crippen LogP contribution in [-0.4, -0.2) is 78.1 Å². The van der Waals surface area contributed by atoms with E-state index in [9.17, 15) is 24.3 Å². The molecule has 4 unspecified atom stereocenters. The van der Waals surface area contributed by atoms with E-state index in [2.05, 4.69) is 21.3 Å². The number of carboxylic acids is 1. The first-order valence-electron chi connectivity index (χ1n) is 12.5. The van der Waals surface area contributed by atoms with Crippen LogP contribution in [-0.2, 0) is 25.6 Å². The average molecular weight is 522 g/mol. The van der Waals surface area contributed by atoms with Gasteiger partial charge in [-0.1, -0.05) is 30.3 Å². The molecule has 1 aliphatic heterocycles. The predicted octanol–water partition coefficient (Wildman–Crippen LogP) is 0.402. The number of hydrogen-bond acceptors (Lipinski definition) is 7. The Bertz CT molecular complexity index is 851. The number of carboxylic acid groups (broad SMARTS) is 1. The minimum atomic E-state index is -1.12. The second-order valence-electron chi connectivity index (χ2n) is 8.93. The summed E-state index contributed by atoms with van der Waals surface area (Å²) in [6, 6.07) is 6.08. The molecular formula is C25H39N5O5S. The SMILES string of the molecule is CSCCC(NC(=O)C(CCCCN)NC(=O)C(Cc1ccccc1)NC(=O)C1CCCN1)C(=O)O. The van der Waals surface area contributed by atoms with Crippen LogP contribution in [0.2, 0.25) is 0 Å². The van der Waals surface area contributed by atoms with Crippen LogP contribution in [0.4, 0.5) is 0 Å². The number of rotatable bonds is 16. The second kappa shape index (κ2) is 16.2. The summed E-state index contributed by atoms with van der Waals surface area (Å²) in [6.45, 7) is 1.19. The number of amides is 3. The number of nitrogens with two attached hydrogens (primary N) is 1. The summed E-state index contributed by atoms with van der Waals surface area (Å²) in [5, 5.41) is 20.8. The summed E-state index contributed by atoms with van der Waals surface area (Å²) < 4.78 is 0. The molecule has 0 bridgehead atoms. The predicted molar refractivity (Wildman–Crippen MR) is 141 cm³/mol. The molecule has 0 saturated carbocycles. The second-order valence-corrected chi connectivity index (χ2v) is 9.91. The van der Waals surface area contributed by atoms with Gasteiger partial charge < -0.3 is 32.1 Å². The number of benzene rings is 1. The molecule has 1 heterocycles. The van der Waals surface area contributed by atoms with Gasteiger partial charge in [-0.25, -0.2) is 4.79 Å². The minimum absolute atomic E-state index is 0.254. The summed E-state index contributed by atoms with van der Waals surface area (Å²) in [7, 11) is 0. The van der Waals surface area contributed by atoms with Gasteiger partial charge in [0, 0.05) is 6.42 Å². The van der Waals surface area contributed by atoms with Crippen molar-refractivity contribution in [1.82, 2.24) is 21.3 Å². The van der Waals surface area contributed by atoms with Crippen LogP contribution < -0.4 is 27.0 Å². The fourth-order valence-electron chi connectivity index (χ4n) is 4.04. The van der Waals surface area contributed by atoms with Crippen LogP contribution in [0.25, 0.3) is 0 Å². The van der Waals surface area contributed by atoms with Crippen LogP contribution in [0.5, 0.6) is 0 Å². The van der Waals surface area contributed by atoms with Gasteiger partial charge in [-0.3, -0.25) is 14.4 Å². The Morgan fingerprint density at radius 1 is 1.03 bits per heavy atom. The number of hydrogen-bond donors (Lipinski definition) is 6. The molecule has 7 N–H and O–H groups in total. The number of carbonyl (C=O) groups is 4. The quantitative estimate of drug-likeness (QED) is 0.170. The maximum absolute atomic E-state index is 13.4. The van der Waals surface area contributed by atoms with Gasteiger partial charge in [0.05, 0.1) is 6.04 Å². The first-order valence-corrected chi connectivity index (χ1v) is 13.8.